The summed E-state index contributed by atoms with van der Waals surface area (Å²) in [6.45, 7) is 2.66. The van der Waals surface area contributed by atoms with E-state index >= 15 is 0 Å². The first-order valence-electron chi connectivity index (χ1n) is 9.50. The molecule has 1 N–H and O–H groups in total. The molecular weight excluding hydrogens is 313 g/mol. The van der Waals surface area contributed by atoms with Gasteiger partial charge in [0.25, 0.3) is 0 Å². The Morgan fingerprint density at radius 3 is 2.64 bits per heavy atom. The predicted octanol–water partition coefficient (Wildman–Crippen LogP) is 4.48. The third-order valence-electron chi connectivity index (χ3n) is 5.69. The Kier molecular flexibility index (Phi) is 5.02. The van der Waals surface area contributed by atoms with Crippen LogP contribution in [0.25, 0.3) is 0 Å². The van der Waals surface area contributed by atoms with Crippen LogP contribution in [-0.4, -0.2) is 19.7 Å². The minimum absolute atomic E-state index is 0.167. The van der Waals surface area contributed by atoms with Gasteiger partial charge in [-0.05, 0) is 85.5 Å². The van der Waals surface area contributed by atoms with Gasteiger partial charge in [-0.1, -0.05) is 18.2 Å². The highest BCUT2D eigenvalue weighted by molar-refractivity contribution is 5.37. The van der Waals surface area contributed by atoms with Crippen molar-refractivity contribution in [2.75, 3.05) is 19.7 Å². The summed E-state index contributed by atoms with van der Waals surface area (Å²) in [7, 11) is 0. The van der Waals surface area contributed by atoms with Crippen LogP contribution in [0.15, 0.2) is 42.5 Å². The van der Waals surface area contributed by atoms with Crippen LogP contribution in [-0.2, 0) is 12.8 Å². The summed E-state index contributed by atoms with van der Waals surface area (Å²) < 4.78 is 19.4. The average molecular weight is 339 g/mol. The Balaban J connectivity index is 1.44. The van der Waals surface area contributed by atoms with E-state index in [0.717, 1.165) is 25.3 Å². The molecule has 2 unspecified atom stereocenters. The molecule has 0 saturated carbocycles. The van der Waals surface area contributed by atoms with Gasteiger partial charge in [-0.2, -0.15) is 0 Å². The van der Waals surface area contributed by atoms with E-state index in [1.54, 1.807) is 12.1 Å². The van der Waals surface area contributed by atoms with E-state index in [1.807, 2.05) is 12.1 Å². The van der Waals surface area contributed by atoms with Gasteiger partial charge in [0.1, 0.15) is 11.6 Å². The van der Waals surface area contributed by atoms with Crippen LogP contribution in [0, 0.1) is 11.7 Å². The molecule has 0 amide bonds. The Morgan fingerprint density at radius 1 is 1.00 bits per heavy atom. The molecule has 25 heavy (non-hydrogen) atoms. The van der Waals surface area contributed by atoms with Gasteiger partial charge in [0, 0.05) is 12.5 Å². The highest BCUT2D eigenvalue weighted by atomic mass is 19.1. The van der Waals surface area contributed by atoms with Gasteiger partial charge in [0.2, 0.25) is 0 Å². The molecule has 2 aromatic carbocycles. The Morgan fingerprint density at radius 2 is 1.80 bits per heavy atom. The van der Waals surface area contributed by atoms with E-state index in [0.29, 0.717) is 18.4 Å². The molecule has 132 valence electrons. The summed E-state index contributed by atoms with van der Waals surface area (Å²) in [5.41, 5.74) is 4.17. The van der Waals surface area contributed by atoms with Crippen molar-refractivity contribution in [3.05, 3.63) is 65.0 Å². The summed E-state index contributed by atoms with van der Waals surface area (Å²) >= 11 is 0. The van der Waals surface area contributed by atoms with Crippen LogP contribution in [0.1, 0.15) is 41.9 Å². The number of rotatable bonds is 4. The van der Waals surface area contributed by atoms with Crippen molar-refractivity contribution in [2.24, 2.45) is 5.92 Å². The molecule has 0 aromatic heterocycles. The normalized spacial score (nSPS) is 23.1. The van der Waals surface area contributed by atoms with Crippen LogP contribution in [0.5, 0.6) is 5.75 Å². The predicted molar refractivity (Wildman–Crippen MR) is 98.7 cm³/mol. The molecule has 1 aliphatic carbocycles. The zero-order valence-electron chi connectivity index (χ0n) is 14.6. The van der Waals surface area contributed by atoms with Gasteiger partial charge in [0.05, 0.1) is 6.61 Å². The zero-order chi connectivity index (χ0) is 17.1. The van der Waals surface area contributed by atoms with Crippen molar-refractivity contribution in [3.63, 3.8) is 0 Å². The lowest BCUT2D eigenvalue weighted by atomic mass is 9.81. The smallest absolute Gasteiger partial charge is 0.123 e. The van der Waals surface area contributed by atoms with E-state index in [4.69, 9.17) is 4.74 Å². The highest BCUT2D eigenvalue weighted by Gasteiger charge is 2.27. The van der Waals surface area contributed by atoms with E-state index in [1.165, 1.54) is 42.4 Å². The molecule has 2 aliphatic rings. The van der Waals surface area contributed by atoms with Crippen LogP contribution in [0.4, 0.5) is 4.39 Å². The van der Waals surface area contributed by atoms with Gasteiger partial charge in [0.15, 0.2) is 0 Å². The number of ether oxygens (including phenoxy) is 1. The van der Waals surface area contributed by atoms with Gasteiger partial charge in [-0.15, -0.1) is 0 Å². The number of hydrogen-bond donors (Lipinski definition) is 1. The van der Waals surface area contributed by atoms with Crippen molar-refractivity contribution in [1.29, 1.82) is 0 Å². The monoisotopic (exact) mass is 339 g/mol. The summed E-state index contributed by atoms with van der Waals surface area (Å²) in [4.78, 5) is 0. The maximum atomic E-state index is 13.2. The molecule has 2 nitrogen and oxygen atoms in total. The Hall–Kier alpha value is -1.87. The third-order valence-corrected chi connectivity index (χ3v) is 5.69. The minimum atomic E-state index is -0.167. The lowest BCUT2D eigenvalue weighted by molar-refractivity contribution is 0.196. The number of hydrogen-bond acceptors (Lipinski definition) is 2. The first-order chi connectivity index (χ1) is 12.3. The number of nitrogens with one attached hydrogen (secondary N) is 1. The first-order valence-corrected chi connectivity index (χ1v) is 9.50. The van der Waals surface area contributed by atoms with Crippen molar-refractivity contribution in [1.82, 2.24) is 5.32 Å². The largest absolute Gasteiger partial charge is 0.493 e. The van der Waals surface area contributed by atoms with Crippen LogP contribution in [0.2, 0.25) is 0 Å². The first kappa shape index (κ1) is 16.6. The van der Waals surface area contributed by atoms with Crippen LogP contribution in [0.3, 0.4) is 0 Å². The molecule has 3 heteroatoms. The van der Waals surface area contributed by atoms with Gasteiger partial charge >= 0.3 is 0 Å². The Labute approximate surface area is 149 Å². The zero-order valence-corrected chi connectivity index (χ0v) is 14.6. The van der Waals surface area contributed by atoms with E-state index in [-0.39, 0.29) is 5.82 Å². The summed E-state index contributed by atoms with van der Waals surface area (Å²) in [5.74, 6) is 1.67. The highest BCUT2D eigenvalue weighted by Crippen LogP contribution is 2.32. The van der Waals surface area contributed by atoms with Crippen LogP contribution < -0.4 is 10.1 Å². The van der Waals surface area contributed by atoms with Crippen LogP contribution >= 0.6 is 0 Å². The van der Waals surface area contributed by atoms with Crippen molar-refractivity contribution >= 4 is 0 Å². The molecule has 0 radical (unpaired) electrons. The maximum Gasteiger partial charge on any atom is 0.123 e. The average Bonchev–Trinajstić information content (AvgIpc) is 2.67. The van der Waals surface area contributed by atoms with E-state index in [9.17, 15) is 4.39 Å². The van der Waals surface area contributed by atoms with Gasteiger partial charge in [-0.25, -0.2) is 4.39 Å². The quantitative estimate of drug-likeness (QED) is 0.887. The number of halogens is 1. The lowest BCUT2D eigenvalue weighted by Crippen LogP contribution is -2.38. The molecular formula is C22H26FNO. The summed E-state index contributed by atoms with van der Waals surface area (Å²) in [5, 5.41) is 3.48. The molecule has 0 bridgehead atoms. The lowest BCUT2D eigenvalue weighted by Gasteiger charge is -2.32. The number of fused-ring (bicyclic) bond motifs is 1. The second-order valence-corrected chi connectivity index (χ2v) is 7.36. The van der Waals surface area contributed by atoms with Crippen molar-refractivity contribution in [2.45, 2.75) is 38.0 Å². The molecule has 1 aliphatic heterocycles. The fraction of sp³-hybridized carbons (Fsp3) is 0.455. The Bertz CT molecular complexity index is 712. The minimum Gasteiger partial charge on any atom is -0.493 e. The fourth-order valence-corrected chi connectivity index (χ4v) is 4.25. The van der Waals surface area contributed by atoms with Crippen molar-refractivity contribution in [3.8, 4) is 5.75 Å². The molecule has 1 fully saturated rings. The number of aryl methyl sites for hydroxylation is 2. The summed E-state index contributed by atoms with van der Waals surface area (Å²) in [6, 6.07) is 13.6. The SMILES string of the molecule is Fc1ccc(C2CCNCC2COc2ccc3c(c2)CCCC3)cc1. The molecule has 2 aromatic rings. The van der Waals surface area contributed by atoms with E-state index < -0.39 is 0 Å². The maximum absolute atomic E-state index is 13.2. The summed E-state index contributed by atoms with van der Waals surface area (Å²) in [6.07, 6.45) is 6.05. The topological polar surface area (TPSA) is 21.3 Å². The van der Waals surface area contributed by atoms with Crippen molar-refractivity contribution < 1.29 is 9.13 Å². The van der Waals surface area contributed by atoms with E-state index in [2.05, 4.69) is 23.5 Å². The molecule has 4 rings (SSSR count). The van der Waals surface area contributed by atoms with Gasteiger partial charge < -0.3 is 10.1 Å². The second-order valence-electron chi connectivity index (χ2n) is 7.36. The standard InChI is InChI=1S/C22H26FNO/c23-20-8-5-17(6-9-20)22-11-12-24-14-19(22)15-25-21-10-7-16-3-1-2-4-18(16)13-21/h5-10,13,19,22,24H,1-4,11-12,14-15H2. The molecule has 2 atom stereocenters. The molecule has 1 heterocycles. The number of benzene rings is 2. The number of piperidine rings is 1. The van der Waals surface area contributed by atoms with Gasteiger partial charge in [-0.3, -0.25) is 0 Å². The fourth-order valence-electron chi connectivity index (χ4n) is 4.25. The molecule has 1 saturated heterocycles. The third kappa shape index (κ3) is 3.87. The molecule has 0 spiro atoms. The second kappa shape index (κ2) is 7.57.